The summed E-state index contributed by atoms with van der Waals surface area (Å²) in [6.45, 7) is 4.49. The first-order valence-corrected chi connectivity index (χ1v) is 5.14. The van der Waals surface area contributed by atoms with Crippen molar-refractivity contribution in [1.82, 2.24) is 0 Å². The molecule has 0 amide bonds. The second-order valence-electron chi connectivity index (χ2n) is 2.26. The third kappa shape index (κ3) is 82.5. The Morgan fingerprint density at radius 1 is 0.846 bits per heavy atom. The molecule has 0 saturated heterocycles. The van der Waals surface area contributed by atoms with Crippen LogP contribution in [-0.4, -0.2) is 10.3 Å². The summed E-state index contributed by atoms with van der Waals surface area (Å²) >= 11 is 7.62. The Kier molecular flexibility index (Phi) is 42.3. The fraction of sp³-hybridized carbons (Fsp3) is 0.778. The van der Waals surface area contributed by atoms with Gasteiger partial charge in [0.15, 0.2) is 0 Å². The van der Waals surface area contributed by atoms with Gasteiger partial charge in [0.2, 0.25) is 0 Å². The minimum atomic E-state index is 1.36. The first-order chi connectivity index (χ1) is 6.24. The van der Waals surface area contributed by atoms with E-state index in [0.29, 0.717) is 0 Å². The second kappa shape index (κ2) is 29.9. The average Bonchev–Trinajstić information content (AvgIpc) is 2.08. The van der Waals surface area contributed by atoms with Crippen LogP contribution >= 0.6 is 24.4 Å². The van der Waals surface area contributed by atoms with Crippen molar-refractivity contribution >= 4 is 34.8 Å². The van der Waals surface area contributed by atoms with Crippen LogP contribution in [0.25, 0.3) is 0 Å². The van der Waals surface area contributed by atoms with Gasteiger partial charge in [0.25, 0.3) is 0 Å². The third-order valence-electron chi connectivity index (χ3n) is 1.21. The van der Waals surface area contributed by atoms with Gasteiger partial charge in [-0.2, -0.15) is 0 Å². The normalized spacial score (nSPS) is 6.31. The van der Waals surface area contributed by atoms with E-state index in [2.05, 4.69) is 38.3 Å². The standard InChI is InChI=1S/C7H16.2CHNS/c1-3-5-7-6-4-2;2*2-1-3/h3-7H2,1-2H3;2*2H. The summed E-state index contributed by atoms with van der Waals surface area (Å²) in [5.41, 5.74) is 0. The highest BCUT2D eigenvalue weighted by Crippen LogP contribution is 2.00. The van der Waals surface area contributed by atoms with Crippen LogP contribution in [0, 0.1) is 10.8 Å². The summed E-state index contributed by atoms with van der Waals surface area (Å²) < 4.78 is 0. The topological polar surface area (TPSA) is 47.7 Å². The fourth-order valence-corrected chi connectivity index (χ4v) is 0.677. The maximum atomic E-state index is 5.77. The fourth-order valence-electron chi connectivity index (χ4n) is 0.677. The highest BCUT2D eigenvalue weighted by atomic mass is 32.1. The van der Waals surface area contributed by atoms with E-state index in [9.17, 15) is 0 Å². The van der Waals surface area contributed by atoms with E-state index in [1.165, 1.54) is 32.1 Å². The minimum absolute atomic E-state index is 1.36. The molecule has 0 aromatic carbocycles. The first kappa shape index (κ1) is 18.4. The monoisotopic (exact) mass is 218 g/mol. The van der Waals surface area contributed by atoms with Crippen LogP contribution in [0.4, 0.5) is 0 Å². The van der Waals surface area contributed by atoms with Gasteiger partial charge in [-0.05, 0) is 24.4 Å². The van der Waals surface area contributed by atoms with Crippen LogP contribution in [0.15, 0.2) is 0 Å². The van der Waals surface area contributed by atoms with Gasteiger partial charge >= 0.3 is 0 Å². The lowest BCUT2D eigenvalue weighted by Gasteiger charge is -1.90. The van der Waals surface area contributed by atoms with Gasteiger partial charge in [-0.25, -0.2) is 10.8 Å². The Bertz CT molecular complexity index is 119. The summed E-state index contributed by atoms with van der Waals surface area (Å²) in [6.07, 6.45) is 7.01. The van der Waals surface area contributed by atoms with Crippen molar-refractivity contribution in [3.05, 3.63) is 0 Å². The lowest BCUT2D eigenvalue weighted by atomic mass is 10.2. The van der Waals surface area contributed by atoms with Crippen LogP contribution in [0.1, 0.15) is 46.0 Å². The number of unbranched alkanes of at least 4 members (excludes halogenated alkanes) is 4. The highest BCUT2D eigenvalue weighted by molar-refractivity contribution is 7.78. The molecule has 0 atom stereocenters. The number of isothiocyanates is 2. The van der Waals surface area contributed by atoms with E-state index in [4.69, 9.17) is 10.8 Å². The van der Waals surface area contributed by atoms with Crippen LogP contribution in [-0.2, 0) is 0 Å². The molecule has 0 fully saturated rings. The molecule has 0 heterocycles. The lowest BCUT2D eigenvalue weighted by molar-refractivity contribution is 0.656. The van der Waals surface area contributed by atoms with Crippen LogP contribution in [0.3, 0.4) is 0 Å². The smallest absolute Gasteiger partial charge is 0.0554 e. The first-order valence-electron chi connectivity index (χ1n) is 4.32. The van der Waals surface area contributed by atoms with Gasteiger partial charge in [0, 0.05) is 0 Å². The highest BCUT2D eigenvalue weighted by Gasteiger charge is 1.80. The molecule has 0 unspecified atom stereocenters. The summed E-state index contributed by atoms with van der Waals surface area (Å²) in [5.74, 6) is 0. The third-order valence-corrected chi connectivity index (χ3v) is 1.21. The maximum absolute atomic E-state index is 5.77. The van der Waals surface area contributed by atoms with Gasteiger partial charge in [-0.1, -0.05) is 46.0 Å². The molecule has 0 aromatic rings. The van der Waals surface area contributed by atoms with E-state index < -0.39 is 0 Å². The molecular formula is C9H18N2S2. The lowest BCUT2D eigenvalue weighted by Crippen LogP contribution is -1.70. The molecule has 0 spiro atoms. The summed E-state index contributed by atoms with van der Waals surface area (Å²) in [5, 5.41) is 14.7. The average molecular weight is 218 g/mol. The van der Waals surface area contributed by atoms with Gasteiger partial charge in [-0.15, -0.1) is 0 Å². The zero-order chi connectivity index (χ0) is 10.9. The Hall–Kier alpha value is -0.400. The van der Waals surface area contributed by atoms with Gasteiger partial charge in [0.05, 0.1) is 10.3 Å². The largest absolute Gasteiger partial charge is 0.248 e. The molecule has 13 heavy (non-hydrogen) atoms. The molecule has 0 radical (unpaired) electrons. The van der Waals surface area contributed by atoms with Crippen LogP contribution in [0.5, 0.6) is 0 Å². The summed E-state index contributed by atoms with van der Waals surface area (Å²) in [7, 11) is 0. The predicted molar refractivity (Wildman–Crippen MR) is 65.1 cm³/mol. The molecule has 0 aliphatic carbocycles. The van der Waals surface area contributed by atoms with Gasteiger partial charge in [0.1, 0.15) is 0 Å². The summed E-state index contributed by atoms with van der Waals surface area (Å²) in [6, 6.07) is 0. The van der Waals surface area contributed by atoms with Crippen molar-refractivity contribution in [3.8, 4) is 0 Å². The summed E-state index contributed by atoms with van der Waals surface area (Å²) in [4.78, 5) is 0. The van der Waals surface area contributed by atoms with E-state index >= 15 is 0 Å². The van der Waals surface area contributed by atoms with Crippen molar-refractivity contribution in [2.75, 3.05) is 0 Å². The number of nitrogens with one attached hydrogen (secondary N) is 2. The maximum Gasteiger partial charge on any atom is 0.0554 e. The van der Waals surface area contributed by atoms with Crippen molar-refractivity contribution in [3.63, 3.8) is 0 Å². The van der Waals surface area contributed by atoms with Crippen molar-refractivity contribution in [1.29, 1.82) is 10.8 Å². The quantitative estimate of drug-likeness (QED) is 0.419. The zero-order valence-corrected chi connectivity index (χ0v) is 9.99. The molecule has 0 rings (SSSR count). The predicted octanol–water partition coefficient (Wildman–Crippen LogP) is 4.31. The molecule has 2 nitrogen and oxygen atoms in total. The molecule has 0 aliphatic heterocycles. The van der Waals surface area contributed by atoms with Crippen LogP contribution in [0.2, 0.25) is 0 Å². The SMILES string of the molecule is CCCCCCC.N=C=S.N=C=S. The molecule has 2 N–H and O–H groups in total. The Morgan fingerprint density at radius 2 is 1.08 bits per heavy atom. The zero-order valence-electron chi connectivity index (χ0n) is 8.35. The molecule has 0 aliphatic rings. The van der Waals surface area contributed by atoms with E-state index in [1.54, 1.807) is 10.3 Å². The molecular weight excluding hydrogens is 200 g/mol. The van der Waals surface area contributed by atoms with Crippen molar-refractivity contribution in [2.24, 2.45) is 0 Å². The molecule has 4 heteroatoms. The second-order valence-corrected chi connectivity index (χ2v) is 2.67. The van der Waals surface area contributed by atoms with Crippen molar-refractivity contribution in [2.45, 2.75) is 46.0 Å². The number of hydrogen-bond acceptors (Lipinski definition) is 4. The van der Waals surface area contributed by atoms with Crippen molar-refractivity contribution < 1.29 is 0 Å². The van der Waals surface area contributed by atoms with E-state index in [0.717, 1.165) is 0 Å². The number of rotatable bonds is 4. The van der Waals surface area contributed by atoms with E-state index in [-0.39, 0.29) is 0 Å². The van der Waals surface area contributed by atoms with E-state index in [1.807, 2.05) is 0 Å². The van der Waals surface area contributed by atoms with Gasteiger partial charge < -0.3 is 0 Å². The molecule has 0 bridgehead atoms. The Balaban J connectivity index is -0.000000140. The number of hydrogen-bond donors (Lipinski definition) is 2. The Labute approximate surface area is 91.8 Å². The number of thiocarbonyl (C=S) groups is 2. The minimum Gasteiger partial charge on any atom is -0.248 e. The van der Waals surface area contributed by atoms with Crippen LogP contribution < -0.4 is 0 Å². The Morgan fingerprint density at radius 3 is 1.23 bits per heavy atom. The van der Waals surface area contributed by atoms with Gasteiger partial charge in [-0.3, -0.25) is 0 Å². The molecule has 76 valence electrons. The molecule has 0 saturated carbocycles. The molecule has 0 aromatic heterocycles.